The molecule has 0 aliphatic rings. The molecule has 2 aromatic rings. The second kappa shape index (κ2) is 8.86. The summed E-state index contributed by atoms with van der Waals surface area (Å²) < 4.78 is 72.3. The molecule has 0 N–H and O–H groups in total. The van der Waals surface area contributed by atoms with Gasteiger partial charge in [-0.1, -0.05) is 17.7 Å². The predicted molar refractivity (Wildman–Crippen MR) is 90.7 cm³/mol. The molecule has 0 saturated heterocycles. The van der Waals surface area contributed by atoms with Gasteiger partial charge in [-0.05, 0) is 43.3 Å². The van der Waals surface area contributed by atoms with Crippen LogP contribution in [0.25, 0.3) is 0 Å². The van der Waals surface area contributed by atoms with Crippen LogP contribution in [0, 0.1) is 14.1 Å². The van der Waals surface area contributed by atoms with Crippen LogP contribution in [0.1, 0.15) is 12.5 Å². The van der Waals surface area contributed by atoms with E-state index in [1.54, 1.807) is 0 Å². The fourth-order valence-electron chi connectivity index (χ4n) is 1.66. The first-order chi connectivity index (χ1) is 12.6. The van der Waals surface area contributed by atoms with Crippen molar-refractivity contribution in [3.05, 3.63) is 61.2 Å². The van der Waals surface area contributed by atoms with Crippen LogP contribution in [0.4, 0.5) is 25.2 Å². The number of carbonyl (C=O) groups is 1. The average Bonchev–Trinajstić information content (AvgIpc) is 2.52. The van der Waals surface area contributed by atoms with Crippen LogP contribution in [-0.2, 0) is 9.53 Å². The standard InChI is InChI=1S/C17H18IO3.F6P/c1-13-3-5-15(6-4-13)18-16-7-9-17(10-8-16)21-12-11-20-14(2)19;1-7(2,3,4,5)6/h3-10H,11-12H2,1-2H3;/q+1;-1. The molecule has 0 amide bonds. The van der Waals surface area contributed by atoms with Crippen molar-refractivity contribution in [3.8, 4) is 5.75 Å². The molecule has 0 aromatic heterocycles. The van der Waals surface area contributed by atoms with E-state index in [1.165, 1.54) is 19.6 Å². The Morgan fingerprint density at radius 3 is 1.71 bits per heavy atom. The summed E-state index contributed by atoms with van der Waals surface area (Å²) in [5.41, 5.74) is 1.29. The number of esters is 1. The van der Waals surface area contributed by atoms with Gasteiger partial charge in [-0.2, -0.15) is 0 Å². The number of rotatable bonds is 6. The summed E-state index contributed by atoms with van der Waals surface area (Å²) in [5.74, 6) is 0.524. The average molecular weight is 542 g/mol. The summed E-state index contributed by atoms with van der Waals surface area (Å²) in [5, 5.41) is 0. The first kappa shape index (κ1) is 24.5. The summed E-state index contributed by atoms with van der Waals surface area (Å²) in [6, 6.07) is 16.9. The van der Waals surface area contributed by atoms with E-state index in [2.05, 4.69) is 43.3 Å². The maximum atomic E-state index is 10.6. The minimum atomic E-state index is -10.7. The molecule has 0 bridgehead atoms. The van der Waals surface area contributed by atoms with Crippen LogP contribution in [0.15, 0.2) is 48.5 Å². The van der Waals surface area contributed by atoms with Crippen LogP contribution in [-0.4, -0.2) is 19.2 Å². The molecule has 0 atom stereocenters. The van der Waals surface area contributed by atoms with Gasteiger partial charge in [-0.25, -0.2) is 0 Å². The first-order valence-electron chi connectivity index (χ1n) is 7.72. The van der Waals surface area contributed by atoms with E-state index in [1.807, 2.05) is 12.1 Å². The molecule has 11 heteroatoms. The van der Waals surface area contributed by atoms with E-state index < -0.39 is 7.81 Å². The van der Waals surface area contributed by atoms with Gasteiger partial charge in [0.1, 0.15) is 19.0 Å². The van der Waals surface area contributed by atoms with Gasteiger partial charge in [-0.15, -0.1) is 0 Å². The zero-order valence-corrected chi connectivity index (χ0v) is 17.9. The summed E-state index contributed by atoms with van der Waals surface area (Å²) in [4.78, 5) is 10.6. The van der Waals surface area contributed by atoms with Gasteiger partial charge in [0.15, 0.2) is 7.14 Å². The minimum absolute atomic E-state index is 0.147. The molecule has 0 fully saturated rings. The van der Waals surface area contributed by atoms with Gasteiger partial charge in [0.25, 0.3) is 0 Å². The van der Waals surface area contributed by atoms with E-state index in [0.717, 1.165) is 5.75 Å². The fraction of sp³-hybridized carbons (Fsp3) is 0.235. The van der Waals surface area contributed by atoms with Gasteiger partial charge < -0.3 is 9.47 Å². The number of hydrogen-bond donors (Lipinski definition) is 0. The molecule has 0 spiro atoms. The second-order valence-electron chi connectivity index (χ2n) is 5.49. The zero-order valence-electron chi connectivity index (χ0n) is 14.9. The van der Waals surface area contributed by atoms with Gasteiger partial charge in [0, 0.05) is 6.92 Å². The predicted octanol–water partition coefficient (Wildman–Crippen LogP) is 3.45. The molecule has 0 aliphatic carbocycles. The molecule has 158 valence electrons. The Kier molecular flexibility index (Phi) is 7.74. The third-order valence-corrected chi connectivity index (χ3v) is 5.38. The Morgan fingerprint density at radius 2 is 1.29 bits per heavy atom. The van der Waals surface area contributed by atoms with Crippen LogP contribution in [0.5, 0.6) is 5.75 Å². The van der Waals surface area contributed by atoms with Crippen molar-refractivity contribution in [2.45, 2.75) is 13.8 Å². The molecule has 0 radical (unpaired) electrons. The van der Waals surface area contributed by atoms with Crippen molar-refractivity contribution in [1.29, 1.82) is 0 Å². The molecule has 0 unspecified atom stereocenters. The Hall–Kier alpha value is -1.55. The van der Waals surface area contributed by atoms with Gasteiger partial charge in [0.2, 0.25) is 0 Å². The number of ether oxygens (including phenoxy) is 2. The van der Waals surface area contributed by atoms with Crippen molar-refractivity contribution < 1.29 is 60.7 Å². The Labute approximate surface area is 168 Å². The van der Waals surface area contributed by atoms with Crippen LogP contribution in [0.2, 0.25) is 0 Å². The third kappa shape index (κ3) is 15.5. The molecule has 0 heterocycles. The summed E-state index contributed by atoms with van der Waals surface area (Å²) in [7, 11) is -10.7. The Morgan fingerprint density at radius 1 is 0.857 bits per heavy atom. The zero-order chi connectivity index (χ0) is 21.5. The van der Waals surface area contributed by atoms with Crippen molar-refractivity contribution in [2.75, 3.05) is 13.2 Å². The molecule has 2 aromatic carbocycles. The number of aryl methyl sites for hydroxylation is 1. The first-order valence-corrected chi connectivity index (χ1v) is 11.9. The topological polar surface area (TPSA) is 35.5 Å². The van der Waals surface area contributed by atoms with E-state index in [4.69, 9.17) is 9.47 Å². The summed E-state index contributed by atoms with van der Waals surface area (Å²) in [6.45, 7) is 4.16. The van der Waals surface area contributed by atoms with Crippen LogP contribution < -0.4 is 25.9 Å². The van der Waals surface area contributed by atoms with Crippen LogP contribution >= 0.6 is 7.81 Å². The number of benzene rings is 2. The molecular weight excluding hydrogens is 524 g/mol. The molecule has 3 nitrogen and oxygen atoms in total. The Bertz CT molecular complexity index is 766. The van der Waals surface area contributed by atoms with Crippen LogP contribution in [0.3, 0.4) is 0 Å². The summed E-state index contributed by atoms with van der Waals surface area (Å²) in [6.07, 6.45) is 0. The second-order valence-corrected chi connectivity index (χ2v) is 10.4. The number of carbonyl (C=O) groups excluding carboxylic acids is 1. The van der Waals surface area contributed by atoms with E-state index >= 15 is 0 Å². The molecule has 0 aliphatic heterocycles. The summed E-state index contributed by atoms with van der Waals surface area (Å²) >= 11 is -0.147. The number of hydrogen-bond acceptors (Lipinski definition) is 3. The number of halogens is 7. The van der Waals surface area contributed by atoms with Crippen molar-refractivity contribution >= 4 is 13.8 Å². The van der Waals surface area contributed by atoms with Crippen molar-refractivity contribution in [2.24, 2.45) is 0 Å². The van der Waals surface area contributed by atoms with E-state index in [-0.39, 0.29) is 33.8 Å². The van der Waals surface area contributed by atoms with Gasteiger partial charge in [0.05, 0.1) is 0 Å². The monoisotopic (exact) mass is 542 g/mol. The van der Waals surface area contributed by atoms with Gasteiger partial charge in [-0.3, -0.25) is 4.79 Å². The molecule has 0 saturated carbocycles. The SMILES string of the molecule is CC(=O)OCCOc1ccc([I+]c2ccc(C)cc2)cc1.F[P-](F)(F)(F)(F)F. The van der Waals surface area contributed by atoms with E-state index in [0.29, 0.717) is 6.61 Å². The fourth-order valence-corrected chi connectivity index (χ4v) is 3.82. The van der Waals surface area contributed by atoms with Gasteiger partial charge >= 0.3 is 60.2 Å². The van der Waals surface area contributed by atoms with E-state index in [9.17, 15) is 30.0 Å². The molecule has 2 rings (SSSR count). The quantitative estimate of drug-likeness (QED) is 0.185. The molecular formula is C17H18F6IO3P. The third-order valence-electron chi connectivity index (χ3n) is 2.70. The maximum absolute atomic E-state index is 10.7. The van der Waals surface area contributed by atoms with Crippen molar-refractivity contribution in [1.82, 2.24) is 0 Å². The normalized spacial score (nSPS) is 13.4. The Balaban J connectivity index is 0.000000480. The molecule has 28 heavy (non-hydrogen) atoms. The van der Waals surface area contributed by atoms with Crippen molar-refractivity contribution in [3.63, 3.8) is 0 Å².